The van der Waals surface area contributed by atoms with Gasteiger partial charge in [0.15, 0.2) is 17.3 Å². The number of hydrogen-bond donors (Lipinski definition) is 1. The summed E-state index contributed by atoms with van der Waals surface area (Å²) in [6.07, 6.45) is 3.19. The molecule has 21 heavy (non-hydrogen) atoms. The quantitative estimate of drug-likeness (QED) is 0.694. The van der Waals surface area contributed by atoms with Gasteiger partial charge in [-0.05, 0) is 35.9 Å². The topological polar surface area (TPSA) is 55.8 Å². The number of benzene rings is 2. The molecule has 2 aromatic carbocycles. The number of allylic oxidation sites excluding steroid dienone is 1. The van der Waals surface area contributed by atoms with Crippen LogP contribution < -0.4 is 9.47 Å². The highest BCUT2D eigenvalue weighted by Crippen LogP contribution is 2.31. The molecule has 1 aliphatic rings. The number of fused-ring (bicyclic) bond motifs is 1. The average Bonchev–Trinajstić information content (AvgIpc) is 2.52. The summed E-state index contributed by atoms with van der Waals surface area (Å²) in [6.45, 7) is 1.08. The van der Waals surface area contributed by atoms with E-state index in [0.717, 1.165) is 11.3 Å². The average molecular weight is 282 g/mol. The van der Waals surface area contributed by atoms with Gasteiger partial charge in [-0.3, -0.25) is 4.79 Å². The van der Waals surface area contributed by atoms with Gasteiger partial charge in [-0.25, -0.2) is 0 Å². The zero-order valence-corrected chi connectivity index (χ0v) is 11.3. The molecule has 3 rings (SSSR count). The molecule has 0 aromatic heterocycles. The molecule has 0 aliphatic carbocycles. The highest BCUT2D eigenvalue weighted by Gasteiger charge is 2.11. The van der Waals surface area contributed by atoms with Gasteiger partial charge in [0.2, 0.25) is 0 Å². The maximum absolute atomic E-state index is 12.0. The molecule has 4 nitrogen and oxygen atoms in total. The second kappa shape index (κ2) is 5.71. The minimum Gasteiger partial charge on any atom is -0.508 e. The van der Waals surface area contributed by atoms with Crippen LogP contribution in [0.25, 0.3) is 6.08 Å². The van der Waals surface area contributed by atoms with E-state index in [-0.39, 0.29) is 11.5 Å². The summed E-state index contributed by atoms with van der Waals surface area (Å²) in [6, 6.07) is 11.8. The van der Waals surface area contributed by atoms with Gasteiger partial charge in [-0.2, -0.15) is 0 Å². The van der Waals surface area contributed by atoms with Gasteiger partial charge < -0.3 is 14.6 Å². The molecule has 4 heteroatoms. The zero-order valence-electron chi connectivity index (χ0n) is 11.3. The van der Waals surface area contributed by atoms with Crippen LogP contribution in [-0.4, -0.2) is 24.1 Å². The molecule has 0 radical (unpaired) electrons. The van der Waals surface area contributed by atoms with Gasteiger partial charge in [0.05, 0.1) is 0 Å². The minimum atomic E-state index is -0.166. The number of phenolic OH excluding ortho intramolecular Hbond substituents is 1. The normalized spacial score (nSPS) is 13.3. The van der Waals surface area contributed by atoms with E-state index in [1.165, 1.54) is 18.2 Å². The summed E-state index contributed by atoms with van der Waals surface area (Å²) >= 11 is 0. The zero-order chi connectivity index (χ0) is 14.7. The lowest BCUT2D eigenvalue weighted by atomic mass is 10.1. The van der Waals surface area contributed by atoms with E-state index in [9.17, 15) is 9.90 Å². The molecule has 2 aromatic rings. The third kappa shape index (κ3) is 3.05. The van der Waals surface area contributed by atoms with Crippen molar-refractivity contribution in [1.82, 2.24) is 0 Å². The summed E-state index contributed by atoms with van der Waals surface area (Å²) in [5, 5.41) is 9.37. The van der Waals surface area contributed by atoms with Gasteiger partial charge in [-0.15, -0.1) is 0 Å². The minimum absolute atomic E-state index is 0.0774. The van der Waals surface area contributed by atoms with Crippen molar-refractivity contribution >= 4 is 11.9 Å². The lowest BCUT2D eigenvalue weighted by Crippen LogP contribution is -2.15. The number of phenols is 1. The smallest absolute Gasteiger partial charge is 0.185 e. The summed E-state index contributed by atoms with van der Waals surface area (Å²) in [7, 11) is 0. The monoisotopic (exact) mass is 282 g/mol. The first-order valence-electron chi connectivity index (χ1n) is 6.63. The number of rotatable bonds is 3. The number of hydrogen-bond acceptors (Lipinski definition) is 4. The fourth-order valence-electron chi connectivity index (χ4n) is 2.09. The van der Waals surface area contributed by atoms with Crippen molar-refractivity contribution < 1.29 is 19.4 Å². The SMILES string of the molecule is O=C(/C=C/c1ccc2c(c1)OCCO2)c1cccc(O)c1. The number of carbonyl (C=O) groups is 1. The summed E-state index contributed by atoms with van der Waals surface area (Å²) in [5.74, 6) is 1.32. The van der Waals surface area contributed by atoms with Crippen molar-refractivity contribution in [2.45, 2.75) is 0 Å². The summed E-state index contributed by atoms with van der Waals surface area (Å²) in [5.41, 5.74) is 1.30. The van der Waals surface area contributed by atoms with Crippen LogP contribution in [0, 0.1) is 0 Å². The van der Waals surface area contributed by atoms with Crippen molar-refractivity contribution in [1.29, 1.82) is 0 Å². The highest BCUT2D eigenvalue weighted by molar-refractivity contribution is 6.07. The third-order valence-corrected chi connectivity index (χ3v) is 3.12. The Morgan fingerprint density at radius 1 is 1.05 bits per heavy atom. The van der Waals surface area contributed by atoms with E-state index in [1.807, 2.05) is 18.2 Å². The van der Waals surface area contributed by atoms with Crippen LogP contribution in [0.15, 0.2) is 48.5 Å². The Morgan fingerprint density at radius 2 is 1.86 bits per heavy atom. The molecule has 1 aliphatic heterocycles. The standard InChI is InChI=1S/C17H14O4/c18-14-3-1-2-13(11-14)15(19)6-4-12-5-7-16-17(10-12)21-9-8-20-16/h1-7,10-11,18H,8-9H2/b6-4+. The number of ether oxygens (including phenoxy) is 2. The molecule has 0 fully saturated rings. The summed E-state index contributed by atoms with van der Waals surface area (Å²) < 4.78 is 10.9. The third-order valence-electron chi connectivity index (χ3n) is 3.12. The van der Waals surface area contributed by atoms with E-state index in [1.54, 1.807) is 18.2 Å². The van der Waals surface area contributed by atoms with Gasteiger partial charge in [-0.1, -0.05) is 24.3 Å². The van der Waals surface area contributed by atoms with Gasteiger partial charge in [0.1, 0.15) is 19.0 Å². The maximum Gasteiger partial charge on any atom is 0.185 e. The lowest BCUT2D eigenvalue weighted by molar-refractivity contribution is 0.104. The Hall–Kier alpha value is -2.75. The van der Waals surface area contributed by atoms with Crippen LogP contribution in [-0.2, 0) is 0 Å². The number of ketones is 1. The fraction of sp³-hybridized carbons (Fsp3) is 0.118. The van der Waals surface area contributed by atoms with Crippen molar-refractivity contribution in [3.63, 3.8) is 0 Å². The molecule has 0 saturated heterocycles. The molecule has 0 bridgehead atoms. The second-order valence-electron chi connectivity index (χ2n) is 4.65. The van der Waals surface area contributed by atoms with Crippen molar-refractivity contribution in [3.05, 3.63) is 59.7 Å². The lowest BCUT2D eigenvalue weighted by Gasteiger charge is -2.18. The van der Waals surface area contributed by atoms with Gasteiger partial charge in [0.25, 0.3) is 0 Å². The van der Waals surface area contributed by atoms with Crippen LogP contribution in [0.1, 0.15) is 15.9 Å². The first-order valence-corrected chi connectivity index (χ1v) is 6.63. The molecule has 0 atom stereocenters. The van der Waals surface area contributed by atoms with Crippen molar-refractivity contribution in [3.8, 4) is 17.2 Å². The highest BCUT2D eigenvalue weighted by atomic mass is 16.6. The van der Waals surface area contributed by atoms with Crippen LogP contribution >= 0.6 is 0 Å². The second-order valence-corrected chi connectivity index (χ2v) is 4.65. The molecule has 106 valence electrons. The molecular formula is C17H14O4. The molecular weight excluding hydrogens is 268 g/mol. The van der Waals surface area contributed by atoms with E-state index in [0.29, 0.717) is 24.5 Å². The number of aromatic hydroxyl groups is 1. The molecule has 0 unspecified atom stereocenters. The predicted molar refractivity (Wildman–Crippen MR) is 78.9 cm³/mol. The Balaban J connectivity index is 1.78. The Morgan fingerprint density at radius 3 is 2.67 bits per heavy atom. The Labute approximate surface area is 122 Å². The predicted octanol–water partition coefficient (Wildman–Crippen LogP) is 3.06. The fourth-order valence-corrected chi connectivity index (χ4v) is 2.09. The first-order chi connectivity index (χ1) is 10.2. The van der Waals surface area contributed by atoms with Crippen LogP contribution in [0.2, 0.25) is 0 Å². The van der Waals surface area contributed by atoms with Crippen LogP contribution in [0.5, 0.6) is 17.2 Å². The van der Waals surface area contributed by atoms with E-state index < -0.39 is 0 Å². The van der Waals surface area contributed by atoms with Crippen LogP contribution in [0.3, 0.4) is 0 Å². The Kier molecular flexibility index (Phi) is 3.60. The number of carbonyl (C=O) groups excluding carboxylic acids is 1. The molecule has 0 saturated carbocycles. The van der Waals surface area contributed by atoms with E-state index >= 15 is 0 Å². The van der Waals surface area contributed by atoms with E-state index in [4.69, 9.17) is 9.47 Å². The summed E-state index contributed by atoms with van der Waals surface area (Å²) in [4.78, 5) is 12.0. The molecule has 0 amide bonds. The molecule has 0 spiro atoms. The van der Waals surface area contributed by atoms with Gasteiger partial charge >= 0.3 is 0 Å². The van der Waals surface area contributed by atoms with E-state index in [2.05, 4.69) is 0 Å². The largest absolute Gasteiger partial charge is 0.508 e. The van der Waals surface area contributed by atoms with Crippen molar-refractivity contribution in [2.24, 2.45) is 0 Å². The first kappa shape index (κ1) is 13.2. The maximum atomic E-state index is 12.0. The van der Waals surface area contributed by atoms with Crippen molar-refractivity contribution in [2.75, 3.05) is 13.2 Å². The van der Waals surface area contributed by atoms with Crippen LogP contribution in [0.4, 0.5) is 0 Å². The Bertz CT molecular complexity index is 704. The molecule has 1 N–H and O–H groups in total. The van der Waals surface area contributed by atoms with Gasteiger partial charge in [0, 0.05) is 5.56 Å². The molecule has 1 heterocycles.